The molecular formula is C12H17BrFNO2S. The van der Waals surface area contributed by atoms with Gasteiger partial charge in [-0.25, -0.2) is 17.1 Å². The number of halogens is 2. The Morgan fingerprint density at radius 1 is 1.28 bits per heavy atom. The highest BCUT2D eigenvalue weighted by atomic mass is 79.9. The average Bonchev–Trinajstić information content (AvgIpc) is 2.23. The van der Waals surface area contributed by atoms with Gasteiger partial charge in [-0.1, -0.05) is 15.9 Å². The molecule has 0 unspecified atom stereocenters. The van der Waals surface area contributed by atoms with E-state index in [1.54, 1.807) is 20.9 Å². The summed E-state index contributed by atoms with van der Waals surface area (Å²) in [6.07, 6.45) is 0.731. The van der Waals surface area contributed by atoms with E-state index in [0.29, 0.717) is 17.7 Å². The Bertz CT molecular complexity index is 508. The molecule has 1 aromatic carbocycles. The lowest BCUT2D eigenvalue weighted by Gasteiger charge is -2.19. The standard InChI is InChI=1S/C12H17BrFNO2S/c1-9-7-11(14)8-10(2)12(9)18(16,17)15(3)6-4-5-13/h7-8H,4-6H2,1-3H3. The number of nitrogens with zero attached hydrogens (tertiary/aromatic N) is 1. The molecule has 0 aliphatic carbocycles. The van der Waals surface area contributed by atoms with E-state index < -0.39 is 15.8 Å². The molecule has 0 aliphatic heterocycles. The largest absolute Gasteiger partial charge is 0.243 e. The van der Waals surface area contributed by atoms with Crippen LogP contribution in [0.1, 0.15) is 17.5 Å². The number of benzene rings is 1. The van der Waals surface area contributed by atoms with Crippen LogP contribution in [0.15, 0.2) is 17.0 Å². The van der Waals surface area contributed by atoms with Crippen molar-refractivity contribution in [3.8, 4) is 0 Å². The maximum absolute atomic E-state index is 13.2. The Balaban J connectivity index is 3.20. The third-order valence-corrected chi connectivity index (χ3v) is 5.42. The van der Waals surface area contributed by atoms with E-state index in [0.717, 1.165) is 11.8 Å². The zero-order chi connectivity index (χ0) is 13.9. The summed E-state index contributed by atoms with van der Waals surface area (Å²) in [7, 11) is -2.00. The van der Waals surface area contributed by atoms with Crippen molar-refractivity contribution < 1.29 is 12.8 Å². The van der Waals surface area contributed by atoms with Crippen LogP contribution in [0.4, 0.5) is 4.39 Å². The summed E-state index contributed by atoms with van der Waals surface area (Å²) in [6, 6.07) is 2.50. The van der Waals surface area contributed by atoms with Gasteiger partial charge in [-0.05, 0) is 43.5 Å². The van der Waals surface area contributed by atoms with E-state index in [9.17, 15) is 12.8 Å². The van der Waals surface area contributed by atoms with Crippen LogP contribution in [0.25, 0.3) is 0 Å². The van der Waals surface area contributed by atoms with Crippen molar-refractivity contribution in [3.63, 3.8) is 0 Å². The first kappa shape index (κ1) is 15.6. The van der Waals surface area contributed by atoms with Crippen LogP contribution in [0.2, 0.25) is 0 Å². The Labute approximate surface area is 116 Å². The Morgan fingerprint density at radius 2 is 1.78 bits per heavy atom. The molecule has 0 radical (unpaired) electrons. The van der Waals surface area contributed by atoms with Crippen LogP contribution in [0.5, 0.6) is 0 Å². The zero-order valence-corrected chi connectivity index (χ0v) is 13.1. The molecule has 1 aromatic rings. The van der Waals surface area contributed by atoms with E-state index in [2.05, 4.69) is 15.9 Å². The molecule has 0 spiro atoms. The van der Waals surface area contributed by atoms with Gasteiger partial charge >= 0.3 is 0 Å². The second-order valence-corrected chi connectivity index (χ2v) is 7.01. The molecule has 6 heteroatoms. The normalized spacial score (nSPS) is 12.1. The fourth-order valence-electron chi connectivity index (χ4n) is 1.86. The molecule has 0 saturated heterocycles. The second-order valence-electron chi connectivity index (χ2n) is 4.24. The highest BCUT2D eigenvalue weighted by Gasteiger charge is 2.24. The third-order valence-electron chi connectivity index (χ3n) is 2.70. The first-order valence-corrected chi connectivity index (χ1v) is 8.16. The van der Waals surface area contributed by atoms with E-state index in [-0.39, 0.29) is 4.90 Å². The SMILES string of the molecule is Cc1cc(F)cc(C)c1S(=O)(=O)N(C)CCCBr. The Kier molecular flexibility index (Phi) is 5.31. The third kappa shape index (κ3) is 3.30. The molecule has 0 aliphatic rings. The number of hydrogen-bond acceptors (Lipinski definition) is 2. The maximum Gasteiger partial charge on any atom is 0.243 e. The molecule has 102 valence electrons. The molecule has 18 heavy (non-hydrogen) atoms. The van der Waals surface area contributed by atoms with Crippen LogP contribution in [0.3, 0.4) is 0 Å². The quantitative estimate of drug-likeness (QED) is 0.775. The lowest BCUT2D eigenvalue weighted by atomic mass is 10.1. The van der Waals surface area contributed by atoms with Crippen LogP contribution in [0, 0.1) is 19.7 Å². The summed E-state index contributed by atoms with van der Waals surface area (Å²) in [5.41, 5.74) is 0.886. The zero-order valence-electron chi connectivity index (χ0n) is 10.7. The van der Waals surface area contributed by atoms with Gasteiger partial charge in [0.15, 0.2) is 0 Å². The predicted octanol–water partition coefficient (Wildman–Crippen LogP) is 2.85. The summed E-state index contributed by atoms with van der Waals surface area (Å²) in [4.78, 5) is 0.209. The minimum absolute atomic E-state index is 0.209. The molecule has 0 fully saturated rings. The van der Waals surface area contributed by atoms with E-state index >= 15 is 0 Å². The predicted molar refractivity (Wildman–Crippen MR) is 74.1 cm³/mol. The van der Waals surface area contributed by atoms with Gasteiger partial charge in [0.1, 0.15) is 5.82 Å². The average molecular weight is 338 g/mol. The van der Waals surface area contributed by atoms with Crippen molar-refractivity contribution in [3.05, 3.63) is 29.1 Å². The summed E-state index contributed by atoms with van der Waals surface area (Å²) < 4.78 is 39.3. The van der Waals surface area contributed by atoms with Crippen molar-refractivity contribution in [2.45, 2.75) is 25.2 Å². The van der Waals surface area contributed by atoms with Gasteiger partial charge in [-0.3, -0.25) is 0 Å². The molecule has 0 saturated carbocycles. The highest BCUT2D eigenvalue weighted by molar-refractivity contribution is 9.09. The number of rotatable bonds is 5. The van der Waals surface area contributed by atoms with Gasteiger partial charge in [0.25, 0.3) is 0 Å². The van der Waals surface area contributed by atoms with Crippen molar-refractivity contribution in [2.75, 3.05) is 18.9 Å². The van der Waals surface area contributed by atoms with Crippen molar-refractivity contribution in [2.24, 2.45) is 0 Å². The van der Waals surface area contributed by atoms with E-state index in [1.165, 1.54) is 16.4 Å². The summed E-state index contributed by atoms with van der Waals surface area (Å²) in [5.74, 6) is -0.410. The molecule has 1 rings (SSSR count). The Hall–Kier alpha value is -0.460. The first-order valence-electron chi connectivity index (χ1n) is 5.59. The Morgan fingerprint density at radius 3 is 2.22 bits per heavy atom. The lowest BCUT2D eigenvalue weighted by Crippen LogP contribution is -2.29. The number of sulfonamides is 1. The van der Waals surface area contributed by atoms with Gasteiger partial charge in [-0.2, -0.15) is 0 Å². The number of alkyl halides is 1. The molecule has 0 bridgehead atoms. The fourth-order valence-corrected chi connectivity index (χ4v) is 3.73. The smallest absolute Gasteiger partial charge is 0.207 e. The molecule has 3 nitrogen and oxygen atoms in total. The first-order chi connectivity index (χ1) is 8.30. The fraction of sp³-hybridized carbons (Fsp3) is 0.500. The van der Waals surface area contributed by atoms with Gasteiger partial charge in [-0.15, -0.1) is 0 Å². The van der Waals surface area contributed by atoms with Gasteiger partial charge in [0.05, 0.1) is 4.90 Å². The van der Waals surface area contributed by atoms with Crippen LogP contribution >= 0.6 is 15.9 Å². The topological polar surface area (TPSA) is 37.4 Å². The minimum Gasteiger partial charge on any atom is -0.207 e. The van der Waals surface area contributed by atoms with Gasteiger partial charge in [0, 0.05) is 18.9 Å². The monoisotopic (exact) mass is 337 g/mol. The van der Waals surface area contributed by atoms with Gasteiger partial charge < -0.3 is 0 Å². The molecule has 0 heterocycles. The number of hydrogen-bond donors (Lipinski definition) is 0. The molecule has 0 amide bonds. The maximum atomic E-state index is 13.2. The number of aryl methyl sites for hydroxylation is 2. The molecule has 0 N–H and O–H groups in total. The summed E-state index contributed by atoms with van der Waals surface area (Å²) >= 11 is 3.27. The van der Waals surface area contributed by atoms with Crippen molar-refractivity contribution in [1.82, 2.24) is 4.31 Å². The minimum atomic E-state index is -3.54. The summed E-state index contributed by atoms with van der Waals surface area (Å²) in [6.45, 7) is 3.66. The van der Waals surface area contributed by atoms with Crippen LogP contribution < -0.4 is 0 Å². The van der Waals surface area contributed by atoms with Crippen molar-refractivity contribution >= 4 is 26.0 Å². The van der Waals surface area contributed by atoms with Gasteiger partial charge in [0.2, 0.25) is 10.0 Å². The van der Waals surface area contributed by atoms with E-state index in [4.69, 9.17) is 0 Å². The molecule has 0 atom stereocenters. The molecular weight excluding hydrogens is 321 g/mol. The van der Waals surface area contributed by atoms with Crippen LogP contribution in [-0.4, -0.2) is 31.6 Å². The van der Waals surface area contributed by atoms with E-state index in [1.807, 2.05) is 0 Å². The lowest BCUT2D eigenvalue weighted by molar-refractivity contribution is 0.469. The second kappa shape index (κ2) is 6.12. The highest BCUT2D eigenvalue weighted by Crippen LogP contribution is 2.24. The molecule has 0 aromatic heterocycles. The van der Waals surface area contributed by atoms with Crippen LogP contribution in [-0.2, 0) is 10.0 Å². The van der Waals surface area contributed by atoms with Crippen molar-refractivity contribution in [1.29, 1.82) is 0 Å². The summed E-state index contributed by atoms with van der Waals surface area (Å²) in [5, 5.41) is 0.744.